The summed E-state index contributed by atoms with van der Waals surface area (Å²) in [5.74, 6) is -0.632. The van der Waals surface area contributed by atoms with Crippen molar-refractivity contribution < 1.29 is 14.0 Å². The van der Waals surface area contributed by atoms with Gasteiger partial charge in [-0.05, 0) is 31.0 Å². The van der Waals surface area contributed by atoms with Crippen LogP contribution in [0.1, 0.15) is 38.5 Å². The van der Waals surface area contributed by atoms with Gasteiger partial charge in [0.2, 0.25) is 5.91 Å². The second-order valence-corrected chi connectivity index (χ2v) is 5.97. The summed E-state index contributed by atoms with van der Waals surface area (Å²) < 4.78 is 13.4. The van der Waals surface area contributed by atoms with Gasteiger partial charge in [0.15, 0.2) is 0 Å². The Kier molecular flexibility index (Phi) is 3.66. The molecule has 1 heterocycles. The molecule has 1 saturated carbocycles. The van der Waals surface area contributed by atoms with E-state index in [0.717, 1.165) is 43.4 Å². The Hall–Kier alpha value is -1.91. The molecule has 1 N–H and O–H groups in total. The SMILES string of the molecule is O=C1NCC2(CCCCCC2)C(=O)N1c1cccc(F)c1. The molecule has 0 aromatic heterocycles. The Morgan fingerprint density at radius 2 is 1.81 bits per heavy atom. The highest BCUT2D eigenvalue weighted by Gasteiger charge is 2.47. The summed E-state index contributed by atoms with van der Waals surface area (Å²) in [5, 5.41) is 2.81. The van der Waals surface area contributed by atoms with Crippen molar-refractivity contribution in [3.05, 3.63) is 30.1 Å². The van der Waals surface area contributed by atoms with Crippen molar-refractivity contribution in [2.75, 3.05) is 11.4 Å². The zero-order chi connectivity index (χ0) is 14.9. The summed E-state index contributed by atoms with van der Waals surface area (Å²) in [7, 11) is 0. The van der Waals surface area contributed by atoms with E-state index in [1.54, 1.807) is 6.07 Å². The smallest absolute Gasteiger partial charge is 0.328 e. The number of hydrogen-bond acceptors (Lipinski definition) is 2. The van der Waals surface area contributed by atoms with Gasteiger partial charge in [-0.1, -0.05) is 31.7 Å². The number of carbonyl (C=O) groups is 2. The van der Waals surface area contributed by atoms with Crippen molar-refractivity contribution in [3.8, 4) is 0 Å². The van der Waals surface area contributed by atoms with E-state index in [4.69, 9.17) is 0 Å². The van der Waals surface area contributed by atoms with Crippen molar-refractivity contribution in [3.63, 3.8) is 0 Å². The topological polar surface area (TPSA) is 49.4 Å². The van der Waals surface area contributed by atoms with Gasteiger partial charge in [-0.3, -0.25) is 4.79 Å². The lowest BCUT2D eigenvalue weighted by atomic mass is 9.77. The molecule has 0 unspecified atom stereocenters. The lowest BCUT2D eigenvalue weighted by Crippen LogP contribution is -2.61. The van der Waals surface area contributed by atoms with Gasteiger partial charge in [-0.25, -0.2) is 14.1 Å². The normalized spacial score (nSPS) is 22.0. The van der Waals surface area contributed by atoms with Crippen LogP contribution in [0.15, 0.2) is 24.3 Å². The molecule has 21 heavy (non-hydrogen) atoms. The van der Waals surface area contributed by atoms with Gasteiger partial charge in [0.25, 0.3) is 0 Å². The predicted molar refractivity (Wildman–Crippen MR) is 77.4 cm³/mol. The zero-order valence-electron chi connectivity index (χ0n) is 11.9. The van der Waals surface area contributed by atoms with Gasteiger partial charge in [0.05, 0.1) is 11.1 Å². The van der Waals surface area contributed by atoms with E-state index in [9.17, 15) is 14.0 Å². The predicted octanol–water partition coefficient (Wildman–Crippen LogP) is 3.22. The Morgan fingerprint density at radius 3 is 2.48 bits per heavy atom. The average molecular weight is 290 g/mol. The summed E-state index contributed by atoms with van der Waals surface area (Å²) in [6.45, 7) is 0.399. The molecule has 1 spiro atoms. The molecule has 4 nitrogen and oxygen atoms in total. The van der Waals surface area contributed by atoms with Crippen LogP contribution in [-0.2, 0) is 4.79 Å². The number of carbonyl (C=O) groups excluding carboxylic acids is 2. The van der Waals surface area contributed by atoms with Crippen molar-refractivity contribution in [1.82, 2.24) is 5.32 Å². The van der Waals surface area contributed by atoms with E-state index >= 15 is 0 Å². The molecule has 1 aliphatic carbocycles. The maximum Gasteiger partial charge on any atom is 0.328 e. The monoisotopic (exact) mass is 290 g/mol. The average Bonchev–Trinajstić information content (AvgIpc) is 2.70. The second-order valence-electron chi connectivity index (χ2n) is 5.97. The minimum Gasteiger partial charge on any atom is -0.336 e. The molecule has 1 aliphatic heterocycles. The van der Waals surface area contributed by atoms with E-state index in [1.807, 2.05) is 0 Å². The van der Waals surface area contributed by atoms with E-state index in [2.05, 4.69) is 5.32 Å². The number of urea groups is 1. The number of anilines is 1. The van der Waals surface area contributed by atoms with Gasteiger partial charge in [0, 0.05) is 6.54 Å². The first-order valence-electron chi connectivity index (χ1n) is 7.50. The van der Waals surface area contributed by atoms with Gasteiger partial charge < -0.3 is 5.32 Å². The van der Waals surface area contributed by atoms with E-state index in [1.165, 1.54) is 18.2 Å². The molecule has 2 fully saturated rings. The van der Waals surface area contributed by atoms with Crippen LogP contribution in [0.5, 0.6) is 0 Å². The minimum absolute atomic E-state index is 0.182. The number of imide groups is 1. The highest BCUT2D eigenvalue weighted by Crippen LogP contribution is 2.39. The number of nitrogens with one attached hydrogen (secondary N) is 1. The van der Waals surface area contributed by atoms with Gasteiger partial charge in [-0.15, -0.1) is 0 Å². The first kappa shape index (κ1) is 14.0. The van der Waals surface area contributed by atoms with E-state index in [0.29, 0.717) is 12.2 Å². The number of rotatable bonds is 1. The molecule has 1 aromatic rings. The summed E-state index contributed by atoms with van der Waals surface area (Å²) in [4.78, 5) is 26.1. The Bertz CT molecular complexity index is 565. The molecule has 3 amide bonds. The van der Waals surface area contributed by atoms with Crippen molar-refractivity contribution in [2.24, 2.45) is 5.41 Å². The van der Waals surface area contributed by atoms with E-state index < -0.39 is 17.3 Å². The summed E-state index contributed by atoms with van der Waals surface area (Å²) in [5.41, 5.74) is -0.211. The van der Waals surface area contributed by atoms with Crippen LogP contribution < -0.4 is 10.2 Å². The summed E-state index contributed by atoms with van der Waals surface area (Å²) in [6.07, 6.45) is 5.83. The molecular weight excluding hydrogens is 271 g/mol. The quantitative estimate of drug-likeness (QED) is 0.863. The minimum atomic E-state index is -0.517. The first-order valence-corrected chi connectivity index (χ1v) is 7.50. The first-order chi connectivity index (χ1) is 10.1. The number of hydrogen-bond donors (Lipinski definition) is 1. The standard InChI is InChI=1S/C16H19FN2O2/c17-12-6-5-7-13(10-12)19-14(20)16(11-18-15(19)21)8-3-1-2-4-9-16/h5-7,10H,1-4,8-9,11H2,(H,18,21). The third kappa shape index (κ3) is 2.52. The molecule has 5 heteroatoms. The third-order valence-corrected chi connectivity index (χ3v) is 4.56. The van der Waals surface area contributed by atoms with E-state index in [-0.39, 0.29) is 5.91 Å². The lowest BCUT2D eigenvalue weighted by molar-refractivity contribution is -0.129. The van der Waals surface area contributed by atoms with Crippen LogP contribution in [0.4, 0.5) is 14.9 Å². The lowest BCUT2D eigenvalue weighted by Gasteiger charge is -2.40. The van der Waals surface area contributed by atoms with Crippen LogP contribution in [0.2, 0.25) is 0 Å². The van der Waals surface area contributed by atoms with Crippen molar-refractivity contribution in [2.45, 2.75) is 38.5 Å². The molecule has 0 atom stereocenters. The molecule has 112 valence electrons. The van der Waals surface area contributed by atoms with Crippen molar-refractivity contribution >= 4 is 17.6 Å². The maximum absolute atomic E-state index is 13.4. The fourth-order valence-electron chi connectivity index (χ4n) is 3.37. The number of halogens is 1. The summed E-state index contributed by atoms with van der Waals surface area (Å²) in [6, 6.07) is 5.18. The second kappa shape index (κ2) is 5.47. The Balaban J connectivity index is 1.95. The largest absolute Gasteiger partial charge is 0.336 e. The maximum atomic E-state index is 13.4. The third-order valence-electron chi connectivity index (χ3n) is 4.56. The van der Waals surface area contributed by atoms with Gasteiger partial charge >= 0.3 is 6.03 Å². The fourth-order valence-corrected chi connectivity index (χ4v) is 3.37. The Labute approximate surface area is 123 Å². The summed E-state index contributed by atoms with van der Waals surface area (Å²) >= 11 is 0. The Morgan fingerprint density at radius 1 is 1.10 bits per heavy atom. The zero-order valence-corrected chi connectivity index (χ0v) is 11.9. The number of benzene rings is 1. The molecule has 0 bridgehead atoms. The molecular formula is C16H19FN2O2. The highest BCUT2D eigenvalue weighted by molar-refractivity contribution is 6.18. The number of amides is 3. The molecule has 3 rings (SSSR count). The fraction of sp³-hybridized carbons (Fsp3) is 0.500. The van der Waals surface area contributed by atoms with Crippen LogP contribution in [0.25, 0.3) is 0 Å². The number of nitrogens with zero attached hydrogens (tertiary/aromatic N) is 1. The van der Waals surface area contributed by atoms with Crippen LogP contribution in [0, 0.1) is 11.2 Å². The van der Waals surface area contributed by atoms with Crippen LogP contribution in [0.3, 0.4) is 0 Å². The molecule has 1 aromatic carbocycles. The molecule has 0 radical (unpaired) electrons. The van der Waals surface area contributed by atoms with Crippen LogP contribution in [-0.4, -0.2) is 18.5 Å². The van der Waals surface area contributed by atoms with Crippen molar-refractivity contribution in [1.29, 1.82) is 0 Å². The van der Waals surface area contributed by atoms with Gasteiger partial charge in [0.1, 0.15) is 5.82 Å². The highest BCUT2D eigenvalue weighted by atomic mass is 19.1. The van der Waals surface area contributed by atoms with Crippen LogP contribution >= 0.6 is 0 Å². The molecule has 2 aliphatic rings. The molecule has 1 saturated heterocycles. The van der Waals surface area contributed by atoms with Gasteiger partial charge in [-0.2, -0.15) is 0 Å².